The summed E-state index contributed by atoms with van der Waals surface area (Å²) in [6, 6.07) is 3.31. The predicted molar refractivity (Wildman–Crippen MR) is 78.4 cm³/mol. The van der Waals surface area contributed by atoms with Gasteiger partial charge in [0, 0.05) is 18.7 Å². The highest BCUT2D eigenvalue weighted by Gasteiger charge is 2.24. The molecule has 0 fully saturated rings. The average molecular weight is 313 g/mol. The Bertz CT molecular complexity index is 623. The van der Waals surface area contributed by atoms with E-state index in [4.69, 9.17) is 25.8 Å². The first kappa shape index (κ1) is 15.5. The number of nitrogens with zero attached hydrogens (tertiary/aromatic N) is 2. The molecule has 1 unspecified atom stereocenters. The van der Waals surface area contributed by atoms with Gasteiger partial charge in [0.1, 0.15) is 11.9 Å². The second-order valence-corrected chi connectivity index (χ2v) is 4.76. The van der Waals surface area contributed by atoms with Crippen LogP contribution in [0.4, 0.5) is 0 Å². The molecule has 1 aromatic heterocycles. The van der Waals surface area contributed by atoms with Gasteiger partial charge in [0.2, 0.25) is 0 Å². The summed E-state index contributed by atoms with van der Waals surface area (Å²) in [5.41, 5.74) is 0.989. The quantitative estimate of drug-likeness (QED) is 0.916. The van der Waals surface area contributed by atoms with E-state index in [9.17, 15) is 5.11 Å². The number of aliphatic hydroxyl groups is 1. The number of hydrogen-bond donors (Lipinski definition) is 1. The molecule has 0 aliphatic carbocycles. The number of aliphatic hydroxyl groups excluding tert-OH is 1. The fourth-order valence-electron chi connectivity index (χ4n) is 2.14. The lowest BCUT2D eigenvalue weighted by Crippen LogP contribution is -2.09. The third-order valence-electron chi connectivity index (χ3n) is 3.23. The van der Waals surface area contributed by atoms with E-state index in [1.165, 1.54) is 32.2 Å². The van der Waals surface area contributed by atoms with Gasteiger partial charge < -0.3 is 19.3 Å². The van der Waals surface area contributed by atoms with Crippen LogP contribution >= 0.6 is 11.6 Å². The van der Waals surface area contributed by atoms with E-state index in [2.05, 4.69) is 5.10 Å². The van der Waals surface area contributed by atoms with Crippen LogP contribution in [0.15, 0.2) is 18.3 Å². The minimum atomic E-state index is -1.00. The molecule has 0 saturated heterocycles. The van der Waals surface area contributed by atoms with Gasteiger partial charge in [-0.3, -0.25) is 4.68 Å². The van der Waals surface area contributed by atoms with Crippen LogP contribution in [0, 0.1) is 0 Å². The van der Waals surface area contributed by atoms with Crippen molar-refractivity contribution in [2.75, 3.05) is 21.3 Å². The molecule has 7 heteroatoms. The summed E-state index contributed by atoms with van der Waals surface area (Å²) in [6.07, 6.45) is 0.479. The number of rotatable bonds is 5. The number of hydrogen-bond acceptors (Lipinski definition) is 5. The molecule has 0 radical (unpaired) electrons. The minimum Gasteiger partial charge on any atom is -0.496 e. The highest BCUT2D eigenvalue weighted by molar-refractivity contribution is 6.31. The van der Waals surface area contributed by atoms with Crippen molar-refractivity contribution in [1.29, 1.82) is 0 Å². The number of aromatic nitrogens is 2. The molecule has 114 valence electrons. The normalized spacial score (nSPS) is 12.1. The maximum Gasteiger partial charge on any atom is 0.164 e. The zero-order valence-electron chi connectivity index (χ0n) is 12.3. The molecule has 0 bridgehead atoms. The largest absolute Gasteiger partial charge is 0.496 e. The SMILES string of the molecule is COc1cc(OC)c(C(O)c2c(Cl)cnn2C)cc1OC. The van der Waals surface area contributed by atoms with Gasteiger partial charge in [-0.1, -0.05) is 11.6 Å². The van der Waals surface area contributed by atoms with Crippen LogP contribution in [0.5, 0.6) is 17.2 Å². The fraction of sp³-hybridized carbons (Fsp3) is 0.357. The Morgan fingerprint density at radius 2 is 1.67 bits per heavy atom. The highest BCUT2D eigenvalue weighted by atomic mass is 35.5. The summed E-state index contributed by atoms with van der Waals surface area (Å²) < 4.78 is 17.3. The lowest BCUT2D eigenvalue weighted by molar-refractivity contribution is 0.203. The molecule has 6 nitrogen and oxygen atoms in total. The van der Waals surface area contributed by atoms with Crippen LogP contribution in [0.3, 0.4) is 0 Å². The van der Waals surface area contributed by atoms with E-state index in [1.54, 1.807) is 19.2 Å². The molecule has 0 amide bonds. The number of halogens is 1. The Balaban J connectivity index is 2.57. The highest BCUT2D eigenvalue weighted by Crippen LogP contribution is 2.40. The third-order valence-corrected chi connectivity index (χ3v) is 3.52. The lowest BCUT2D eigenvalue weighted by atomic mass is 10.0. The second-order valence-electron chi connectivity index (χ2n) is 4.35. The van der Waals surface area contributed by atoms with Crippen molar-refractivity contribution in [3.8, 4) is 17.2 Å². The van der Waals surface area contributed by atoms with Gasteiger partial charge in [0.15, 0.2) is 11.5 Å². The van der Waals surface area contributed by atoms with E-state index in [0.717, 1.165) is 0 Å². The van der Waals surface area contributed by atoms with E-state index < -0.39 is 6.10 Å². The Kier molecular flexibility index (Phi) is 4.59. The molecule has 0 aliphatic heterocycles. The van der Waals surface area contributed by atoms with Crippen molar-refractivity contribution in [2.45, 2.75) is 6.10 Å². The minimum absolute atomic E-state index is 0.377. The van der Waals surface area contributed by atoms with E-state index in [0.29, 0.717) is 33.5 Å². The zero-order valence-corrected chi connectivity index (χ0v) is 13.0. The van der Waals surface area contributed by atoms with Gasteiger partial charge in [0.25, 0.3) is 0 Å². The maximum atomic E-state index is 10.6. The molecule has 1 N–H and O–H groups in total. The molecule has 1 heterocycles. The molecular formula is C14H17ClN2O4. The summed E-state index contributed by atoms with van der Waals surface area (Å²) in [5.74, 6) is 1.48. The van der Waals surface area contributed by atoms with Crippen molar-refractivity contribution in [1.82, 2.24) is 9.78 Å². The molecule has 2 aromatic rings. The van der Waals surface area contributed by atoms with Crippen molar-refractivity contribution < 1.29 is 19.3 Å². The van der Waals surface area contributed by atoms with E-state index >= 15 is 0 Å². The number of methoxy groups -OCH3 is 3. The average Bonchev–Trinajstić information content (AvgIpc) is 2.84. The summed E-state index contributed by atoms with van der Waals surface area (Å²) >= 11 is 6.08. The summed E-state index contributed by atoms with van der Waals surface area (Å²) in [7, 11) is 6.28. The van der Waals surface area contributed by atoms with Crippen LogP contribution < -0.4 is 14.2 Å². The van der Waals surface area contributed by atoms with Gasteiger partial charge in [-0.2, -0.15) is 5.10 Å². The topological polar surface area (TPSA) is 65.7 Å². The van der Waals surface area contributed by atoms with E-state index in [1.807, 2.05) is 0 Å². The Hall–Kier alpha value is -1.92. The first-order valence-corrected chi connectivity index (χ1v) is 6.56. The first-order valence-electron chi connectivity index (χ1n) is 6.18. The summed E-state index contributed by atoms with van der Waals surface area (Å²) in [6.45, 7) is 0. The van der Waals surface area contributed by atoms with Crippen LogP contribution in [0.25, 0.3) is 0 Å². The van der Waals surface area contributed by atoms with Crippen molar-refractivity contribution in [2.24, 2.45) is 7.05 Å². The van der Waals surface area contributed by atoms with Gasteiger partial charge in [0.05, 0.1) is 38.2 Å². The number of aryl methyl sites for hydroxylation is 1. The second kappa shape index (κ2) is 6.24. The molecule has 2 rings (SSSR count). The van der Waals surface area contributed by atoms with Crippen LogP contribution in [-0.4, -0.2) is 36.2 Å². The summed E-state index contributed by atoms with van der Waals surface area (Å²) in [4.78, 5) is 0. The monoisotopic (exact) mass is 312 g/mol. The maximum absolute atomic E-state index is 10.6. The molecule has 1 atom stereocenters. The van der Waals surface area contributed by atoms with Gasteiger partial charge in [-0.25, -0.2) is 0 Å². The standard InChI is InChI=1S/C14H17ClN2O4/c1-17-13(9(15)7-16-17)14(18)8-5-11(20-3)12(21-4)6-10(8)19-2/h5-7,14,18H,1-4H3. The van der Waals surface area contributed by atoms with Crippen molar-refractivity contribution in [3.63, 3.8) is 0 Å². The number of benzene rings is 1. The van der Waals surface area contributed by atoms with Gasteiger partial charge in [-0.15, -0.1) is 0 Å². The third kappa shape index (κ3) is 2.77. The molecule has 0 aliphatic rings. The fourth-order valence-corrected chi connectivity index (χ4v) is 2.41. The smallest absolute Gasteiger partial charge is 0.164 e. The van der Waals surface area contributed by atoms with Crippen LogP contribution in [0.1, 0.15) is 17.4 Å². The molecule has 0 spiro atoms. The van der Waals surface area contributed by atoms with Crippen LogP contribution in [-0.2, 0) is 7.05 Å². The van der Waals surface area contributed by atoms with E-state index in [-0.39, 0.29) is 0 Å². The lowest BCUT2D eigenvalue weighted by Gasteiger charge is -2.18. The first-order chi connectivity index (χ1) is 10.0. The molecular weight excluding hydrogens is 296 g/mol. The number of ether oxygens (including phenoxy) is 3. The van der Waals surface area contributed by atoms with Crippen LogP contribution in [0.2, 0.25) is 5.02 Å². The molecule has 0 saturated carbocycles. The molecule has 1 aromatic carbocycles. The Labute approximate surface area is 127 Å². The zero-order chi connectivity index (χ0) is 15.6. The Morgan fingerprint density at radius 1 is 1.10 bits per heavy atom. The molecule has 21 heavy (non-hydrogen) atoms. The Morgan fingerprint density at radius 3 is 2.14 bits per heavy atom. The van der Waals surface area contributed by atoms with Gasteiger partial charge >= 0.3 is 0 Å². The van der Waals surface area contributed by atoms with Crippen molar-refractivity contribution >= 4 is 11.6 Å². The van der Waals surface area contributed by atoms with Gasteiger partial charge in [-0.05, 0) is 6.07 Å². The summed E-state index contributed by atoms with van der Waals surface area (Å²) in [5, 5.41) is 15.0. The van der Waals surface area contributed by atoms with Crippen molar-refractivity contribution in [3.05, 3.63) is 34.6 Å². The predicted octanol–water partition coefficient (Wildman–Crippen LogP) is 2.18.